The molecule has 2 unspecified atom stereocenters. The Morgan fingerprint density at radius 1 is 0.815 bits per heavy atom. The highest BCUT2D eigenvalue weighted by Gasteiger charge is 2.26. The Kier molecular flexibility index (Phi) is 7.54. The second-order valence-corrected chi connectivity index (χ2v) is 6.34. The summed E-state index contributed by atoms with van der Waals surface area (Å²) in [6.45, 7) is 3.26. The maximum Gasteiger partial charge on any atom is 0.178 e. The number of hydrogen-bond acceptors (Lipinski definition) is 4. The Labute approximate surface area is 160 Å². The first-order chi connectivity index (χ1) is 13.3. The molecule has 0 saturated carbocycles. The minimum atomic E-state index is -0.0114. The summed E-state index contributed by atoms with van der Waals surface area (Å²) in [5.74, 6) is -0.0114. The third kappa shape index (κ3) is 8.60. The van der Waals surface area contributed by atoms with Crippen LogP contribution in [0.5, 0.6) is 0 Å². The van der Waals surface area contributed by atoms with Crippen molar-refractivity contribution in [1.29, 1.82) is 0 Å². The Balaban J connectivity index is 0.000000193. The summed E-state index contributed by atoms with van der Waals surface area (Å²) in [6.07, 6.45) is 7.58. The fourth-order valence-corrected chi connectivity index (χ4v) is 2.20. The second kappa shape index (κ2) is 10.6. The number of benzene rings is 2. The van der Waals surface area contributed by atoms with E-state index in [1.165, 1.54) is 0 Å². The van der Waals surface area contributed by atoms with Crippen LogP contribution in [0.1, 0.15) is 11.1 Å². The normalized spacial score (nSPS) is 20.3. The van der Waals surface area contributed by atoms with Gasteiger partial charge in [0.2, 0.25) is 0 Å². The van der Waals surface area contributed by atoms with Gasteiger partial charge in [0, 0.05) is 0 Å². The van der Waals surface area contributed by atoms with Gasteiger partial charge in [-0.1, -0.05) is 72.8 Å². The number of allylic oxidation sites excluding steroid dienone is 2. The average Bonchev–Trinajstić information content (AvgIpc) is 3.63. The van der Waals surface area contributed by atoms with Crippen molar-refractivity contribution in [2.75, 3.05) is 26.4 Å². The van der Waals surface area contributed by atoms with Crippen molar-refractivity contribution >= 4 is 17.9 Å². The summed E-state index contributed by atoms with van der Waals surface area (Å²) in [6, 6.07) is 19.6. The molecule has 0 radical (unpaired) electrons. The summed E-state index contributed by atoms with van der Waals surface area (Å²) >= 11 is 0. The second-order valence-electron chi connectivity index (χ2n) is 6.34. The van der Waals surface area contributed by atoms with Gasteiger partial charge in [0.05, 0.1) is 26.4 Å². The predicted octanol–water partition coefficient (Wildman–Crippen LogP) is 3.78. The number of carbonyl (C=O) groups excluding carboxylic acids is 1. The number of ether oxygens (including phenoxy) is 3. The standard InChI is InChI=1S/C17H14O.C6H10O3/c18-17(13-11-15-7-3-1-4-8-15)14-12-16-9-5-2-6-10-16;1(5-3-8-5)7-2-6-4-9-6/h1-14H;5-6H,1-4H2/b13-11-,14-12+;. The summed E-state index contributed by atoms with van der Waals surface area (Å²) in [4.78, 5) is 11.6. The van der Waals surface area contributed by atoms with E-state index in [0.29, 0.717) is 12.2 Å². The molecular formula is C23H24O4. The van der Waals surface area contributed by atoms with Crippen LogP contribution in [0.4, 0.5) is 0 Å². The molecule has 0 spiro atoms. The molecule has 0 amide bonds. The lowest BCUT2D eigenvalue weighted by atomic mass is 10.1. The maximum atomic E-state index is 11.6. The molecule has 0 N–H and O–H groups in total. The van der Waals surface area contributed by atoms with E-state index in [0.717, 1.165) is 37.6 Å². The van der Waals surface area contributed by atoms with E-state index in [1.807, 2.05) is 72.8 Å². The van der Waals surface area contributed by atoms with E-state index in [4.69, 9.17) is 14.2 Å². The van der Waals surface area contributed by atoms with E-state index in [9.17, 15) is 4.79 Å². The Morgan fingerprint density at radius 3 is 1.59 bits per heavy atom. The third-order valence-electron chi connectivity index (χ3n) is 3.89. The molecule has 2 aliphatic heterocycles. The Morgan fingerprint density at radius 2 is 1.22 bits per heavy atom. The molecule has 2 saturated heterocycles. The molecule has 4 nitrogen and oxygen atoms in total. The van der Waals surface area contributed by atoms with Crippen LogP contribution in [0.25, 0.3) is 12.2 Å². The highest BCUT2D eigenvalue weighted by atomic mass is 16.6. The van der Waals surface area contributed by atoms with Crippen molar-refractivity contribution in [3.8, 4) is 0 Å². The molecular weight excluding hydrogens is 340 g/mol. The van der Waals surface area contributed by atoms with Crippen molar-refractivity contribution in [1.82, 2.24) is 0 Å². The summed E-state index contributed by atoms with van der Waals surface area (Å²) in [7, 11) is 0. The molecule has 2 aromatic rings. The van der Waals surface area contributed by atoms with E-state index in [1.54, 1.807) is 12.2 Å². The van der Waals surface area contributed by atoms with Crippen LogP contribution in [0.15, 0.2) is 72.8 Å². The number of carbonyl (C=O) groups is 1. The highest BCUT2D eigenvalue weighted by molar-refractivity contribution is 6.04. The lowest BCUT2D eigenvalue weighted by molar-refractivity contribution is -0.110. The molecule has 2 aliphatic rings. The molecule has 0 bridgehead atoms. The molecule has 0 aromatic heterocycles. The molecule has 2 atom stereocenters. The maximum absolute atomic E-state index is 11.6. The number of ketones is 1. The van der Waals surface area contributed by atoms with Gasteiger partial charge in [0.1, 0.15) is 12.2 Å². The monoisotopic (exact) mass is 364 g/mol. The molecule has 2 aromatic carbocycles. The van der Waals surface area contributed by atoms with E-state index >= 15 is 0 Å². The molecule has 0 aliphatic carbocycles. The van der Waals surface area contributed by atoms with Crippen LogP contribution < -0.4 is 0 Å². The van der Waals surface area contributed by atoms with Crippen molar-refractivity contribution < 1.29 is 19.0 Å². The average molecular weight is 364 g/mol. The molecule has 2 heterocycles. The van der Waals surface area contributed by atoms with Gasteiger partial charge in [-0.15, -0.1) is 0 Å². The summed E-state index contributed by atoms with van der Waals surface area (Å²) < 4.78 is 15.1. The Hall–Kier alpha value is -2.53. The molecule has 27 heavy (non-hydrogen) atoms. The topological polar surface area (TPSA) is 51.4 Å². The third-order valence-corrected chi connectivity index (χ3v) is 3.89. The van der Waals surface area contributed by atoms with Crippen molar-refractivity contribution in [2.45, 2.75) is 12.2 Å². The van der Waals surface area contributed by atoms with E-state index in [-0.39, 0.29) is 5.78 Å². The molecule has 140 valence electrons. The fraction of sp³-hybridized carbons (Fsp3) is 0.261. The molecule has 4 heteroatoms. The van der Waals surface area contributed by atoms with Crippen LogP contribution in [0.2, 0.25) is 0 Å². The fourth-order valence-electron chi connectivity index (χ4n) is 2.20. The number of hydrogen-bond donors (Lipinski definition) is 0. The molecule has 2 fully saturated rings. The van der Waals surface area contributed by atoms with Gasteiger partial charge in [0.25, 0.3) is 0 Å². The zero-order valence-corrected chi connectivity index (χ0v) is 15.2. The van der Waals surface area contributed by atoms with Crippen LogP contribution >= 0.6 is 0 Å². The van der Waals surface area contributed by atoms with Gasteiger partial charge in [0.15, 0.2) is 5.78 Å². The van der Waals surface area contributed by atoms with Crippen LogP contribution in [-0.2, 0) is 19.0 Å². The first-order valence-corrected chi connectivity index (χ1v) is 9.11. The quantitative estimate of drug-likeness (QED) is 0.528. The van der Waals surface area contributed by atoms with Gasteiger partial charge in [-0.05, 0) is 23.3 Å². The minimum Gasteiger partial charge on any atom is -0.376 e. The van der Waals surface area contributed by atoms with E-state index in [2.05, 4.69) is 0 Å². The zero-order valence-electron chi connectivity index (χ0n) is 15.2. The van der Waals surface area contributed by atoms with Crippen molar-refractivity contribution in [3.63, 3.8) is 0 Å². The minimum absolute atomic E-state index is 0.0114. The lowest BCUT2D eigenvalue weighted by Gasteiger charge is -1.95. The van der Waals surface area contributed by atoms with Gasteiger partial charge < -0.3 is 14.2 Å². The van der Waals surface area contributed by atoms with Crippen molar-refractivity contribution in [3.05, 3.63) is 83.9 Å². The van der Waals surface area contributed by atoms with Gasteiger partial charge in [-0.3, -0.25) is 4.79 Å². The Bertz CT molecular complexity index is 681. The van der Waals surface area contributed by atoms with E-state index < -0.39 is 0 Å². The SMILES string of the molecule is C(OCC1CO1)C1CO1.O=C(/C=C\c1ccccc1)/C=C/c1ccccc1. The smallest absolute Gasteiger partial charge is 0.178 e. The lowest BCUT2D eigenvalue weighted by Crippen LogP contribution is -2.06. The summed E-state index contributed by atoms with van der Waals surface area (Å²) in [5.41, 5.74) is 2.05. The van der Waals surface area contributed by atoms with Crippen molar-refractivity contribution in [2.24, 2.45) is 0 Å². The summed E-state index contributed by atoms with van der Waals surface area (Å²) in [5, 5.41) is 0. The number of epoxide rings is 2. The largest absolute Gasteiger partial charge is 0.376 e. The van der Waals surface area contributed by atoms with Crippen LogP contribution in [0.3, 0.4) is 0 Å². The first kappa shape index (κ1) is 19.2. The zero-order chi connectivity index (χ0) is 18.7. The van der Waals surface area contributed by atoms with Gasteiger partial charge in [-0.2, -0.15) is 0 Å². The highest BCUT2D eigenvalue weighted by Crippen LogP contribution is 2.12. The first-order valence-electron chi connectivity index (χ1n) is 9.11. The van der Waals surface area contributed by atoms with Crippen LogP contribution in [-0.4, -0.2) is 44.4 Å². The van der Waals surface area contributed by atoms with Gasteiger partial charge in [-0.25, -0.2) is 0 Å². The van der Waals surface area contributed by atoms with Gasteiger partial charge >= 0.3 is 0 Å². The number of rotatable bonds is 8. The molecule has 4 rings (SSSR count). The predicted molar refractivity (Wildman–Crippen MR) is 106 cm³/mol. The van der Waals surface area contributed by atoms with Crippen LogP contribution in [0, 0.1) is 0 Å².